The molecule has 0 spiro atoms. The van der Waals surface area contributed by atoms with Crippen LogP contribution >= 0.6 is 0 Å². The lowest BCUT2D eigenvalue weighted by atomic mass is 10.1. The van der Waals surface area contributed by atoms with Crippen molar-refractivity contribution in [1.82, 2.24) is 10.3 Å². The fourth-order valence-corrected chi connectivity index (χ4v) is 2.54. The third kappa shape index (κ3) is 4.63. The number of hydrogen-bond donors (Lipinski definition) is 2. The molecule has 0 saturated heterocycles. The second kappa shape index (κ2) is 6.80. The first kappa shape index (κ1) is 15.6. The van der Waals surface area contributed by atoms with Crippen molar-refractivity contribution in [2.75, 3.05) is 12.8 Å². The zero-order chi connectivity index (χ0) is 15.3. The highest BCUT2D eigenvalue weighted by Crippen LogP contribution is 2.16. The van der Waals surface area contributed by atoms with Crippen molar-refractivity contribution in [3.63, 3.8) is 0 Å². The molecule has 1 aromatic carbocycles. The van der Waals surface area contributed by atoms with Crippen LogP contribution in [0.5, 0.6) is 0 Å². The smallest absolute Gasteiger partial charge is 0.175 e. The molecule has 0 radical (unpaired) electrons. The summed E-state index contributed by atoms with van der Waals surface area (Å²) in [6.07, 6.45) is 3.92. The van der Waals surface area contributed by atoms with Crippen LogP contribution in [0.3, 0.4) is 0 Å². The molecule has 6 heteroatoms. The Morgan fingerprint density at radius 1 is 1.14 bits per heavy atom. The summed E-state index contributed by atoms with van der Waals surface area (Å²) >= 11 is 0. The number of aliphatic hydroxyl groups excluding tert-OH is 1. The topological polar surface area (TPSA) is 79.3 Å². The molecule has 1 unspecified atom stereocenters. The van der Waals surface area contributed by atoms with Crippen molar-refractivity contribution in [2.24, 2.45) is 0 Å². The number of benzene rings is 1. The summed E-state index contributed by atoms with van der Waals surface area (Å²) in [4.78, 5) is 4.19. The van der Waals surface area contributed by atoms with Crippen LogP contribution in [-0.2, 0) is 16.4 Å². The molecule has 21 heavy (non-hydrogen) atoms. The highest BCUT2D eigenvalue weighted by molar-refractivity contribution is 7.90. The Hall–Kier alpha value is -1.76. The molecular formula is C15H18N2O3S. The van der Waals surface area contributed by atoms with Gasteiger partial charge in [0.1, 0.15) is 0 Å². The second-order valence-corrected chi connectivity index (χ2v) is 6.86. The molecule has 0 aliphatic rings. The number of aliphatic hydroxyl groups is 1. The minimum Gasteiger partial charge on any atom is -0.387 e. The number of pyridine rings is 1. The molecule has 0 aliphatic carbocycles. The molecule has 2 aromatic rings. The van der Waals surface area contributed by atoms with Crippen molar-refractivity contribution in [1.29, 1.82) is 0 Å². The minimum atomic E-state index is -3.20. The largest absolute Gasteiger partial charge is 0.387 e. The molecular weight excluding hydrogens is 288 g/mol. The van der Waals surface area contributed by atoms with Crippen molar-refractivity contribution < 1.29 is 13.5 Å². The van der Waals surface area contributed by atoms with Gasteiger partial charge in [0.2, 0.25) is 0 Å². The molecule has 1 atom stereocenters. The van der Waals surface area contributed by atoms with Crippen LogP contribution in [0.4, 0.5) is 0 Å². The Balaban J connectivity index is 1.90. The van der Waals surface area contributed by atoms with Gasteiger partial charge < -0.3 is 10.4 Å². The number of nitrogens with zero attached hydrogens (tertiary/aromatic N) is 1. The van der Waals surface area contributed by atoms with E-state index in [1.807, 2.05) is 12.1 Å². The van der Waals surface area contributed by atoms with Gasteiger partial charge in [0.15, 0.2) is 9.84 Å². The van der Waals surface area contributed by atoms with E-state index in [0.717, 1.165) is 11.8 Å². The van der Waals surface area contributed by atoms with E-state index in [2.05, 4.69) is 10.3 Å². The zero-order valence-electron chi connectivity index (χ0n) is 11.7. The van der Waals surface area contributed by atoms with E-state index in [9.17, 15) is 13.5 Å². The van der Waals surface area contributed by atoms with Gasteiger partial charge in [0.05, 0.1) is 11.0 Å². The lowest BCUT2D eigenvalue weighted by Crippen LogP contribution is -2.21. The lowest BCUT2D eigenvalue weighted by molar-refractivity contribution is 0.174. The molecule has 0 saturated carbocycles. The van der Waals surface area contributed by atoms with Gasteiger partial charge in [0, 0.05) is 31.7 Å². The Morgan fingerprint density at radius 2 is 1.76 bits per heavy atom. The molecule has 0 bridgehead atoms. The summed E-state index contributed by atoms with van der Waals surface area (Å²) in [5.74, 6) is 0. The van der Waals surface area contributed by atoms with Gasteiger partial charge in [-0.25, -0.2) is 8.42 Å². The van der Waals surface area contributed by atoms with E-state index in [1.54, 1.807) is 24.5 Å². The molecule has 2 rings (SSSR count). The number of rotatable bonds is 6. The van der Waals surface area contributed by atoms with E-state index in [4.69, 9.17) is 0 Å². The van der Waals surface area contributed by atoms with Gasteiger partial charge in [-0.2, -0.15) is 0 Å². The van der Waals surface area contributed by atoms with E-state index in [-0.39, 0.29) is 4.90 Å². The molecule has 0 amide bonds. The number of aromatic nitrogens is 1. The summed E-state index contributed by atoms with van der Waals surface area (Å²) in [5, 5.41) is 13.2. The Kier molecular flexibility index (Phi) is 5.06. The van der Waals surface area contributed by atoms with Gasteiger partial charge in [-0.3, -0.25) is 4.98 Å². The maximum absolute atomic E-state index is 11.4. The van der Waals surface area contributed by atoms with Crippen LogP contribution < -0.4 is 5.32 Å². The van der Waals surface area contributed by atoms with Crippen LogP contribution in [0.25, 0.3) is 0 Å². The Bertz CT molecular complexity index is 670. The Labute approximate surface area is 124 Å². The van der Waals surface area contributed by atoms with Crippen molar-refractivity contribution >= 4 is 9.84 Å². The van der Waals surface area contributed by atoms with Crippen molar-refractivity contribution in [3.8, 4) is 0 Å². The van der Waals surface area contributed by atoms with E-state index < -0.39 is 15.9 Å². The third-order valence-electron chi connectivity index (χ3n) is 3.11. The van der Waals surface area contributed by atoms with Gasteiger partial charge in [-0.1, -0.05) is 12.1 Å². The maximum Gasteiger partial charge on any atom is 0.175 e. The zero-order valence-corrected chi connectivity index (χ0v) is 12.5. The average Bonchev–Trinajstić information content (AvgIpc) is 2.47. The monoisotopic (exact) mass is 306 g/mol. The van der Waals surface area contributed by atoms with E-state index >= 15 is 0 Å². The van der Waals surface area contributed by atoms with Crippen molar-refractivity contribution in [3.05, 3.63) is 59.9 Å². The molecule has 1 heterocycles. The van der Waals surface area contributed by atoms with Gasteiger partial charge in [-0.15, -0.1) is 0 Å². The maximum atomic E-state index is 11.4. The molecule has 1 aromatic heterocycles. The Morgan fingerprint density at radius 3 is 2.33 bits per heavy atom. The van der Waals surface area contributed by atoms with Crippen LogP contribution in [0, 0.1) is 0 Å². The predicted octanol–water partition coefficient (Wildman–Crippen LogP) is 1.31. The average molecular weight is 306 g/mol. The lowest BCUT2D eigenvalue weighted by Gasteiger charge is -2.12. The van der Waals surface area contributed by atoms with Gasteiger partial charge in [0.25, 0.3) is 0 Å². The first-order valence-corrected chi connectivity index (χ1v) is 8.43. The highest BCUT2D eigenvalue weighted by atomic mass is 32.2. The molecule has 0 fully saturated rings. The van der Waals surface area contributed by atoms with Gasteiger partial charge >= 0.3 is 0 Å². The summed E-state index contributed by atoms with van der Waals surface area (Å²) in [5.41, 5.74) is 1.77. The number of sulfone groups is 1. The number of nitrogens with one attached hydrogen (secondary N) is 1. The summed E-state index contributed by atoms with van der Waals surface area (Å²) in [7, 11) is -3.20. The molecule has 2 N–H and O–H groups in total. The van der Waals surface area contributed by atoms with Crippen LogP contribution in [0.15, 0.2) is 53.7 Å². The SMILES string of the molecule is CS(=O)(=O)c1ccc(C(O)CNCc2ccncc2)cc1. The predicted molar refractivity (Wildman–Crippen MR) is 80.5 cm³/mol. The fraction of sp³-hybridized carbons (Fsp3) is 0.267. The van der Waals surface area contributed by atoms with E-state index in [0.29, 0.717) is 18.7 Å². The summed E-state index contributed by atoms with van der Waals surface area (Å²) < 4.78 is 22.7. The van der Waals surface area contributed by atoms with Crippen LogP contribution in [0.2, 0.25) is 0 Å². The quantitative estimate of drug-likeness (QED) is 0.841. The first-order valence-electron chi connectivity index (χ1n) is 6.54. The third-order valence-corrected chi connectivity index (χ3v) is 4.24. The number of hydrogen-bond acceptors (Lipinski definition) is 5. The van der Waals surface area contributed by atoms with Gasteiger partial charge in [-0.05, 0) is 35.4 Å². The second-order valence-electron chi connectivity index (χ2n) is 4.84. The highest BCUT2D eigenvalue weighted by Gasteiger charge is 2.10. The summed E-state index contributed by atoms with van der Waals surface area (Å²) in [6.45, 7) is 1.03. The summed E-state index contributed by atoms with van der Waals surface area (Å²) in [6, 6.07) is 10.1. The van der Waals surface area contributed by atoms with Crippen molar-refractivity contribution in [2.45, 2.75) is 17.5 Å². The standard InChI is InChI=1S/C15H18N2O3S/c1-21(19,20)14-4-2-13(3-5-14)15(18)11-17-10-12-6-8-16-9-7-12/h2-9,15,17-18H,10-11H2,1H3. The first-order chi connectivity index (χ1) is 9.97. The molecule has 0 aliphatic heterocycles. The van der Waals surface area contributed by atoms with Crippen LogP contribution in [-0.4, -0.2) is 31.3 Å². The molecule has 5 nitrogen and oxygen atoms in total. The van der Waals surface area contributed by atoms with E-state index in [1.165, 1.54) is 12.1 Å². The normalized spacial score (nSPS) is 13.0. The minimum absolute atomic E-state index is 0.253. The molecule has 112 valence electrons. The fourth-order valence-electron chi connectivity index (χ4n) is 1.91. The van der Waals surface area contributed by atoms with Crippen LogP contribution in [0.1, 0.15) is 17.2 Å².